The van der Waals surface area contributed by atoms with Gasteiger partial charge in [-0.15, -0.1) is 0 Å². The molecule has 31 heavy (non-hydrogen) atoms. The number of anilines is 1. The van der Waals surface area contributed by atoms with Crippen LogP contribution >= 0.6 is 0 Å². The van der Waals surface area contributed by atoms with Gasteiger partial charge in [0.2, 0.25) is 0 Å². The van der Waals surface area contributed by atoms with Crippen LogP contribution in [0.5, 0.6) is 0 Å². The second-order valence-corrected chi connectivity index (χ2v) is 7.90. The van der Waals surface area contributed by atoms with Crippen molar-refractivity contribution in [2.45, 2.75) is 31.7 Å². The highest BCUT2D eigenvalue weighted by molar-refractivity contribution is 6.21. The SMILES string of the molecule is O=C(Nc1ccccc1)N1CCC[C@@H](N[CH]CCCN2C(=O)c3ccccc3C2=O)C1. The number of fused-ring (bicyclic) bond motifs is 1. The number of piperidine rings is 1. The first-order valence-corrected chi connectivity index (χ1v) is 10.8. The summed E-state index contributed by atoms with van der Waals surface area (Å²) in [6.45, 7) is 3.78. The second kappa shape index (κ2) is 9.75. The molecule has 0 aliphatic carbocycles. The number of amides is 4. The van der Waals surface area contributed by atoms with Gasteiger partial charge in [-0.3, -0.25) is 14.5 Å². The van der Waals surface area contributed by atoms with Crippen LogP contribution in [-0.4, -0.2) is 53.3 Å². The third-order valence-corrected chi connectivity index (χ3v) is 5.70. The van der Waals surface area contributed by atoms with Crippen molar-refractivity contribution >= 4 is 23.5 Å². The largest absolute Gasteiger partial charge is 0.323 e. The molecule has 4 rings (SSSR count). The van der Waals surface area contributed by atoms with Gasteiger partial charge in [0, 0.05) is 37.9 Å². The monoisotopic (exact) mass is 419 g/mol. The lowest BCUT2D eigenvalue weighted by Gasteiger charge is -2.33. The van der Waals surface area contributed by atoms with E-state index in [1.807, 2.05) is 41.8 Å². The number of hydrogen-bond donors (Lipinski definition) is 2. The number of benzene rings is 2. The normalized spacial score (nSPS) is 18.3. The van der Waals surface area contributed by atoms with Crippen LogP contribution in [0.2, 0.25) is 0 Å². The number of hydrogen-bond acceptors (Lipinski definition) is 4. The Labute approximate surface area is 182 Å². The van der Waals surface area contributed by atoms with E-state index in [0.29, 0.717) is 30.6 Å². The highest BCUT2D eigenvalue weighted by Gasteiger charge is 2.34. The van der Waals surface area contributed by atoms with E-state index in [-0.39, 0.29) is 23.9 Å². The standard InChI is InChI=1S/C24H27N4O3/c29-22-20-12-4-5-13-21(20)23(30)28(22)16-7-6-14-25-19-11-8-15-27(17-19)24(31)26-18-9-2-1-3-10-18/h1-5,9-10,12-14,19,25H,6-8,11,15-17H2,(H,26,31)/t19-/m1/s1. The number of likely N-dealkylation sites (tertiary alicyclic amines) is 1. The minimum absolute atomic E-state index is 0.0803. The molecule has 0 spiro atoms. The predicted molar refractivity (Wildman–Crippen MR) is 119 cm³/mol. The third kappa shape index (κ3) is 4.94. The average molecular weight is 420 g/mol. The molecule has 7 heteroatoms. The van der Waals surface area contributed by atoms with E-state index < -0.39 is 0 Å². The maximum Gasteiger partial charge on any atom is 0.321 e. The zero-order valence-corrected chi connectivity index (χ0v) is 17.4. The minimum atomic E-state index is -0.207. The summed E-state index contributed by atoms with van der Waals surface area (Å²) in [6.07, 6.45) is 3.39. The van der Waals surface area contributed by atoms with Gasteiger partial charge < -0.3 is 15.5 Å². The molecule has 161 valence electrons. The average Bonchev–Trinajstić information content (AvgIpc) is 3.04. The lowest BCUT2D eigenvalue weighted by molar-refractivity contribution is 0.0652. The molecule has 0 bridgehead atoms. The molecule has 1 atom stereocenters. The number of carbonyl (C=O) groups is 3. The van der Waals surface area contributed by atoms with Crippen molar-refractivity contribution in [1.29, 1.82) is 0 Å². The van der Waals surface area contributed by atoms with Crippen molar-refractivity contribution in [3.05, 3.63) is 72.3 Å². The Bertz CT molecular complexity index is 912. The fraction of sp³-hybridized carbons (Fsp3) is 0.333. The minimum Gasteiger partial charge on any atom is -0.323 e. The molecule has 2 aromatic carbocycles. The van der Waals surface area contributed by atoms with E-state index in [4.69, 9.17) is 0 Å². The number of unbranched alkanes of at least 4 members (excludes halogenated alkanes) is 1. The maximum absolute atomic E-state index is 12.5. The highest BCUT2D eigenvalue weighted by atomic mass is 16.2. The molecule has 1 saturated heterocycles. The highest BCUT2D eigenvalue weighted by Crippen LogP contribution is 2.22. The Hall–Kier alpha value is -3.19. The Kier molecular flexibility index (Phi) is 6.62. The fourth-order valence-corrected chi connectivity index (χ4v) is 4.07. The van der Waals surface area contributed by atoms with Crippen molar-refractivity contribution in [1.82, 2.24) is 15.1 Å². The number of rotatable bonds is 7. The van der Waals surface area contributed by atoms with Gasteiger partial charge in [0.1, 0.15) is 0 Å². The van der Waals surface area contributed by atoms with Crippen molar-refractivity contribution in [2.24, 2.45) is 0 Å². The summed E-state index contributed by atoms with van der Waals surface area (Å²) >= 11 is 0. The van der Waals surface area contributed by atoms with Crippen molar-refractivity contribution in [3.8, 4) is 0 Å². The summed E-state index contributed by atoms with van der Waals surface area (Å²) < 4.78 is 0. The molecule has 4 amide bonds. The first-order chi connectivity index (χ1) is 15.1. The summed E-state index contributed by atoms with van der Waals surface area (Å²) in [5.74, 6) is -0.415. The molecular weight excluding hydrogens is 392 g/mol. The molecule has 0 unspecified atom stereocenters. The van der Waals surface area contributed by atoms with E-state index in [2.05, 4.69) is 10.6 Å². The molecule has 0 saturated carbocycles. The zero-order valence-electron chi connectivity index (χ0n) is 17.4. The van der Waals surface area contributed by atoms with Crippen LogP contribution in [0.4, 0.5) is 10.5 Å². The summed E-state index contributed by atoms with van der Waals surface area (Å²) in [6, 6.07) is 16.5. The molecule has 2 aromatic rings. The number of imide groups is 1. The number of para-hydroxylation sites is 1. The quantitative estimate of drug-likeness (QED) is 0.532. The van der Waals surface area contributed by atoms with Crippen LogP contribution in [0.1, 0.15) is 46.4 Å². The van der Waals surface area contributed by atoms with Crippen LogP contribution in [0.3, 0.4) is 0 Å². The van der Waals surface area contributed by atoms with Crippen molar-refractivity contribution in [2.75, 3.05) is 25.0 Å². The van der Waals surface area contributed by atoms with Gasteiger partial charge in [-0.1, -0.05) is 30.3 Å². The van der Waals surface area contributed by atoms with Crippen LogP contribution in [-0.2, 0) is 0 Å². The number of urea groups is 1. The Morgan fingerprint density at radius 1 is 1.00 bits per heavy atom. The molecule has 2 aliphatic heterocycles. The van der Waals surface area contributed by atoms with Crippen molar-refractivity contribution < 1.29 is 14.4 Å². The van der Waals surface area contributed by atoms with Crippen LogP contribution in [0.15, 0.2) is 54.6 Å². The van der Waals surface area contributed by atoms with E-state index >= 15 is 0 Å². The Morgan fingerprint density at radius 3 is 2.39 bits per heavy atom. The molecule has 2 heterocycles. The Morgan fingerprint density at radius 2 is 1.68 bits per heavy atom. The molecule has 2 aliphatic rings. The second-order valence-electron chi connectivity index (χ2n) is 7.90. The number of nitrogens with zero attached hydrogens (tertiary/aromatic N) is 2. The lowest BCUT2D eigenvalue weighted by atomic mass is 10.1. The third-order valence-electron chi connectivity index (χ3n) is 5.70. The lowest BCUT2D eigenvalue weighted by Crippen LogP contribution is -2.48. The van der Waals surface area contributed by atoms with Crippen LogP contribution < -0.4 is 10.6 Å². The van der Waals surface area contributed by atoms with Crippen molar-refractivity contribution in [3.63, 3.8) is 0 Å². The van der Waals surface area contributed by atoms with Gasteiger partial charge >= 0.3 is 6.03 Å². The first-order valence-electron chi connectivity index (χ1n) is 10.8. The Balaban J connectivity index is 1.17. The van der Waals surface area contributed by atoms with Gasteiger partial charge in [-0.2, -0.15) is 0 Å². The molecule has 2 N–H and O–H groups in total. The van der Waals surface area contributed by atoms with Gasteiger partial charge in [0.05, 0.1) is 11.1 Å². The number of carbonyl (C=O) groups excluding carboxylic acids is 3. The molecule has 7 nitrogen and oxygen atoms in total. The summed E-state index contributed by atoms with van der Waals surface area (Å²) in [5.41, 5.74) is 1.78. The summed E-state index contributed by atoms with van der Waals surface area (Å²) in [4.78, 5) is 40.4. The van der Waals surface area contributed by atoms with Gasteiger partial charge in [0.25, 0.3) is 11.8 Å². The van der Waals surface area contributed by atoms with E-state index in [1.165, 1.54) is 4.90 Å². The number of nitrogens with one attached hydrogen (secondary N) is 2. The van der Waals surface area contributed by atoms with Gasteiger partial charge in [-0.25, -0.2) is 4.79 Å². The molecule has 1 radical (unpaired) electrons. The fourth-order valence-electron chi connectivity index (χ4n) is 4.07. The van der Waals surface area contributed by atoms with Crippen LogP contribution in [0.25, 0.3) is 0 Å². The molecular formula is C24H27N4O3. The maximum atomic E-state index is 12.5. The summed E-state index contributed by atoms with van der Waals surface area (Å²) in [7, 11) is 0. The van der Waals surface area contributed by atoms with E-state index in [9.17, 15) is 14.4 Å². The molecule has 1 fully saturated rings. The van der Waals surface area contributed by atoms with E-state index in [0.717, 1.165) is 31.5 Å². The first kappa shape index (κ1) is 21.1. The topological polar surface area (TPSA) is 81.8 Å². The molecule has 0 aromatic heterocycles. The zero-order chi connectivity index (χ0) is 21.6. The predicted octanol–water partition coefficient (Wildman–Crippen LogP) is 3.51. The van der Waals surface area contributed by atoms with Crippen LogP contribution in [0, 0.1) is 6.54 Å². The van der Waals surface area contributed by atoms with Gasteiger partial charge in [-0.05, 0) is 49.9 Å². The smallest absolute Gasteiger partial charge is 0.321 e. The van der Waals surface area contributed by atoms with E-state index in [1.54, 1.807) is 24.3 Å². The van der Waals surface area contributed by atoms with Gasteiger partial charge in [0.15, 0.2) is 0 Å². The summed E-state index contributed by atoms with van der Waals surface area (Å²) in [5, 5.41) is 6.34.